The highest BCUT2D eigenvalue weighted by atomic mass is 31.1. The van der Waals surface area contributed by atoms with Gasteiger partial charge in [0.05, 0.1) is 0 Å². The lowest BCUT2D eigenvalue weighted by Crippen LogP contribution is -2.40. The molecule has 0 radical (unpaired) electrons. The molecule has 1 aliphatic carbocycles. The van der Waals surface area contributed by atoms with E-state index in [1.807, 2.05) is 20.8 Å². The van der Waals surface area contributed by atoms with E-state index in [4.69, 9.17) is 9.26 Å². The Labute approximate surface area is 122 Å². The number of carbonyl (C=O) groups is 1. The summed E-state index contributed by atoms with van der Waals surface area (Å²) >= 11 is 0. The van der Waals surface area contributed by atoms with Crippen LogP contribution < -0.4 is 5.32 Å². The molecule has 0 aromatic heterocycles. The Balaban J connectivity index is 2.50. The average Bonchev–Trinajstić information content (AvgIpc) is 2.26. The second-order valence-corrected chi connectivity index (χ2v) is 7.51. The van der Waals surface area contributed by atoms with Gasteiger partial charge < -0.3 is 4.74 Å². The molecular formula is C14H27NO4P+. The van der Waals surface area contributed by atoms with Gasteiger partial charge in [0.2, 0.25) is 0 Å². The topological polar surface area (TPSA) is 64.6 Å². The average molecular weight is 304 g/mol. The molecule has 0 spiro atoms. The molecule has 116 valence electrons. The maximum atomic E-state index is 11.8. The zero-order chi connectivity index (χ0) is 15.2. The highest BCUT2D eigenvalue weighted by Gasteiger charge is 2.28. The van der Waals surface area contributed by atoms with Gasteiger partial charge in [-0.15, -0.1) is 4.52 Å². The van der Waals surface area contributed by atoms with Crippen LogP contribution in [0.4, 0.5) is 4.79 Å². The quantitative estimate of drug-likeness (QED) is 0.611. The molecule has 1 N–H and O–H groups in total. The van der Waals surface area contributed by atoms with Crippen molar-refractivity contribution in [3.63, 3.8) is 0 Å². The largest absolute Gasteiger partial charge is 0.506 e. The summed E-state index contributed by atoms with van der Waals surface area (Å²) in [5, 5.41) is 2.69. The van der Waals surface area contributed by atoms with Gasteiger partial charge in [0.15, 0.2) is 12.9 Å². The van der Waals surface area contributed by atoms with E-state index in [2.05, 4.69) is 5.32 Å². The zero-order valence-electron chi connectivity index (χ0n) is 13.0. The summed E-state index contributed by atoms with van der Waals surface area (Å²) in [4.78, 5) is 11.8. The third-order valence-electron chi connectivity index (χ3n) is 3.23. The predicted octanol–water partition coefficient (Wildman–Crippen LogP) is 4.20. The molecular weight excluding hydrogens is 277 g/mol. The summed E-state index contributed by atoms with van der Waals surface area (Å²) in [5.41, 5.74) is -0.548. The lowest BCUT2D eigenvalue weighted by atomic mass is 9.86. The highest BCUT2D eigenvalue weighted by Crippen LogP contribution is 2.30. The summed E-state index contributed by atoms with van der Waals surface area (Å²) in [7, 11) is -1.75. The third-order valence-corrected chi connectivity index (χ3v) is 3.78. The molecule has 0 saturated heterocycles. The third kappa shape index (κ3) is 7.81. The molecule has 6 heteroatoms. The van der Waals surface area contributed by atoms with Crippen LogP contribution in [0.25, 0.3) is 0 Å². The van der Waals surface area contributed by atoms with Crippen molar-refractivity contribution in [3.05, 3.63) is 0 Å². The van der Waals surface area contributed by atoms with Crippen molar-refractivity contribution in [2.24, 2.45) is 5.92 Å². The first kappa shape index (κ1) is 17.4. The van der Waals surface area contributed by atoms with Crippen LogP contribution in [0.5, 0.6) is 0 Å². The standard InChI is InChI=1S/C14H26NO4P/c1-14(2,3)18-13(16)15-12(19-20(4)17)10-11-8-6-5-7-9-11/h11-12H,5-10H2,1-4H3/p+1. The molecule has 1 fully saturated rings. The fraction of sp³-hybridized carbons (Fsp3) is 0.929. The van der Waals surface area contributed by atoms with E-state index in [0.717, 1.165) is 12.8 Å². The first-order valence-corrected chi connectivity index (χ1v) is 8.96. The molecule has 1 amide bonds. The number of hydrogen-bond acceptors (Lipinski definition) is 4. The van der Waals surface area contributed by atoms with E-state index in [1.54, 1.807) is 0 Å². The van der Waals surface area contributed by atoms with Gasteiger partial charge in [-0.3, -0.25) is 5.32 Å². The number of nitrogens with one attached hydrogen (secondary N) is 1. The maximum Gasteiger partial charge on any atom is 0.506 e. The van der Waals surface area contributed by atoms with Gasteiger partial charge in [-0.05, 0) is 31.3 Å². The highest BCUT2D eigenvalue weighted by molar-refractivity contribution is 7.38. The summed E-state index contributed by atoms with van der Waals surface area (Å²) in [6, 6.07) is 0. The molecule has 2 unspecified atom stereocenters. The van der Waals surface area contributed by atoms with Crippen molar-refractivity contribution in [3.8, 4) is 0 Å². The number of rotatable bonds is 5. The van der Waals surface area contributed by atoms with Crippen molar-refractivity contribution in [1.29, 1.82) is 0 Å². The number of alkyl carbamates (subject to hydrolysis) is 1. The maximum absolute atomic E-state index is 11.8. The van der Waals surface area contributed by atoms with Crippen LogP contribution in [0.15, 0.2) is 0 Å². The van der Waals surface area contributed by atoms with E-state index >= 15 is 0 Å². The predicted molar refractivity (Wildman–Crippen MR) is 79.0 cm³/mol. The monoisotopic (exact) mass is 304 g/mol. The Hall–Kier alpha value is -0.670. The van der Waals surface area contributed by atoms with Gasteiger partial charge >= 0.3 is 14.1 Å². The fourth-order valence-corrected chi connectivity index (χ4v) is 2.97. The smallest absolute Gasteiger partial charge is 0.444 e. The van der Waals surface area contributed by atoms with Crippen LogP contribution in [0.1, 0.15) is 59.3 Å². The Morgan fingerprint density at radius 2 is 1.90 bits per heavy atom. The SMILES string of the molecule is C[P+](=O)OC(CC1CCCCC1)NC(=O)OC(C)(C)C. The molecule has 5 nitrogen and oxygen atoms in total. The van der Waals surface area contributed by atoms with Crippen molar-refractivity contribution in [1.82, 2.24) is 5.32 Å². The number of amides is 1. The van der Waals surface area contributed by atoms with Crippen molar-refractivity contribution in [2.75, 3.05) is 6.66 Å². The molecule has 0 aliphatic heterocycles. The zero-order valence-corrected chi connectivity index (χ0v) is 13.9. The molecule has 0 aromatic carbocycles. The van der Waals surface area contributed by atoms with E-state index in [0.29, 0.717) is 12.3 Å². The Morgan fingerprint density at radius 3 is 2.40 bits per heavy atom. The molecule has 0 bridgehead atoms. The molecule has 1 aliphatic rings. The Kier molecular flexibility index (Phi) is 6.90. The fourth-order valence-electron chi connectivity index (χ4n) is 2.47. The number of ether oxygens (including phenoxy) is 1. The summed E-state index contributed by atoms with van der Waals surface area (Å²) < 4.78 is 21.8. The summed E-state index contributed by atoms with van der Waals surface area (Å²) in [6.45, 7) is 6.93. The lowest BCUT2D eigenvalue weighted by molar-refractivity contribution is 0.0366. The van der Waals surface area contributed by atoms with E-state index in [1.165, 1.54) is 25.9 Å². The van der Waals surface area contributed by atoms with E-state index < -0.39 is 26.0 Å². The van der Waals surface area contributed by atoms with Crippen LogP contribution in [0.2, 0.25) is 0 Å². The molecule has 1 rings (SSSR count). The van der Waals surface area contributed by atoms with Gasteiger partial charge in [0, 0.05) is 6.42 Å². The molecule has 20 heavy (non-hydrogen) atoms. The molecule has 0 aromatic rings. The number of hydrogen-bond donors (Lipinski definition) is 1. The first-order valence-electron chi connectivity index (χ1n) is 7.33. The minimum atomic E-state index is -1.75. The summed E-state index contributed by atoms with van der Waals surface area (Å²) in [5.74, 6) is 0.527. The van der Waals surface area contributed by atoms with Gasteiger partial charge in [0.1, 0.15) is 5.60 Å². The van der Waals surface area contributed by atoms with Gasteiger partial charge in [-0.25, -0.2) is 4.79 Å². The van der Waals surface area contributed by atoms with E-state index in [-0.39, 0.29) is 0 Å². The van der Waals surface area contributed by atoms with Crippen LogP contribution in [0, 0.1) is 5.92 Å². The van der Waals surface area contributed by atoms with Gasteiger partial charge in [-0.1, -0.05) is 32.1 Å². The second-order valence-electron chi connectivity index (χ2n) is 6.42. The lowest BCUT2D eigenvalue weighted by Gasteiger charge is -2.25. The van der Waals surface area contributed by atoms with Crippen molar-refractivity contribution in [2.45, 2.75) is 71.1 Å². The van der Waals surface area contributed by atoms with Crippen molar-refractivity contribution < 1.29 is 18.6 Å². The van der Waals surface area contributed by atoms with Crippen LogP contribution in [-0.4, -0.2) is 24.6 Å². The first-order chi connectivity index (χ1) is 9.26. The molecule has 2 atom stereocenters. The normalized spacial score (nSPS) is 19.3. The van der Waals surface area contributed by atoms with Crippen molar-refractivity contribution >= 4 is 14.1 Å². The molecule has 0 heterocycles. The Bertz CT molecular complexity index is 335. The summed E-state index contributed by atoms with van der Waals surface area (Å²) in [6.07, 6.45) is 5.69. The van der Waals surface area contributed by atoms with Gasteiger partial charge in [0.25, 0.3) is 0 Å². The minimum Gasteiger partial charge on any atom is -0.444 e. The number of carbonyl (C=O) groups excluding carboxylic acids is 1. The van der Waals surface area contributed by atoms with Crippen LogP contribution in [-0.2, 0) is 13.8 Å². The molecule has 1 saturated carbocycles. The van der Waals surface area contributed by atoms with Gasteiger partial charge in [-0.2, -0.15) is 0 Å². The Morgan fingerprint density at radius 1 is 1.30 bits per heavy atom. The van der Waals surface area contributed by atoms with Crippen LogP contribution >= 0.6 is 8.03 Å². The minimum absolute atomic E-state index is 0.518. The second kappa shape index (κ2) is 7.94. The van der Waals surface area contributed by atoms with Crippen LogP contribution in [0.3, 0.4) is 0 Å². The van der Waals surface area contributed by atoms with E-state index in [9.17, 15) is 9.36 Å².